The standard InChI is InChI=1S/C22H29N3O3/c1-16-5-4-6-21(13-16)27-12-11-23-22(26)24-19-7-9-20(10-8-19)25-14-17(2)28-18(3)15-25/h4-10,13,17-18H,11-12,14-15H2,1-3H3,(H2,23,24,26). The molecule has 6 heteroatoms. The molecule has 0 bridgehead atoms. The highest BCUT2D eigenvalue weighted by Crippen LogP contribution is 2.22. The van der Waals surface area contributed by atoms with E-state index in [0.29, 0.717) is 13.2 Å². The van der Waals surface area contributed by atoms with E-state index in [0.717, 1.165) is 35.8 Å². The Bertz CT molecular complexity index is 769. The number of morpholine rings is 1. The smallest absolute Gasteiger partial charge is 0.319 e. The normalized spacial score (nSPS) is 19.2. The lowest BCUT2D eigenvalue weighted by atomic mass is 10.2. The van der Waals surface area contributed by atoms with Crippen molar-refractivity contribution < 1.29 is 14.3 Å². The van der Waals surface area contributed by atoms with Crippen LogP contribution in [0.2, 0.25) is 0 Å². The average Bonchev–Trinajstić information content (AvgIpc) is 2.65. The Balaban J connectivity index is 1.41. The van der Waals surface area contributed by atoms with Crippen molar-refractivity contribution in [1.29, 1.82) is 0 Å². The van der Waals surface area contributed by atoms with Gasteiger partial charge in [0.05, 0.1) is 18.8 Å². The lowest BCUT2D eigenvalue weighted by Crippen LogP contribution is -2.45. The summed E-state index contributed by atoms with van der Waals surface area (Å²) in [6.45, 7) is 8.79. The Morgan fingerprint density at radius 2 is 1.86 bits per heavy atom. The van der Waals surface area contributed by atoms with Crippen LogP contribution in [0.15, 0.2) is 48.5 Å². The summed E-state index contributed by atoms with van der Waals surface area (Å²) in [6.07, 6.45) is 0.434. The van der Waals surface area contributed by atoms with Crippen LogP contribution in [0, 0.1) is 6.92 Å². The molecule has 1 aliphatic heterocycles. The van der Waals surface area contributed by atoms with E-state index in [1.165, 1.54) is 0 Å². The molecule has 6 nitrogen and oxygen atoms in total. The van der Waals surface area contributed by atoms with Gasteiger partial charge in [-0.3, -0.25) is 0 Å². The van der Waals surface area contributed by atoms with E-state index in [-0.39, 0.29) is 18.2 Å². The number of carbonyl (C=O) groups excluding carboxylic acids is 1. The van der Waals surface area contributed by atoms with Crippen molar-refractivity contribution in [2.24, 2.45) is 0 Å². The molecule has 3 rings (SSSR count). The van der Waals surface area contributed by atoms with E-state index < -0.39 is 0 Å². The van der Waals surface area contributed by atoms with Crippen LogP contribution in [0.3, 0.4) is 0 Å². The Morgan fingerprint density at radius 1 is 1.14 bits per heavy atom. The summed E-state index contributed by atoms with van der Waals surface area (Å²) in [6, 6.07) is 15.5. The second kappa shape index (κ2) is 9.46. The van der Waals surface area contributed by atoms with Gasteiger partial charge in [-0.2, -0.15) is 0 Å². The predicted octanol–water partition coefficient (Wildman–Crippen LogP) is 3.81. The fourth-order valence-corrected chi connectivity index (χ4v) is 3.36. The van der Waals surface area contributed by atoms with Gasteiger partial charge in [0.25, 0.3) is 0 Å². The maximum Gasteiger partial charge on any atom is 0.319 e. The summed E-state index contributed by atoms with van der Waals surface area (Å²) in [5, 5.41) is 5.65. The maximum atomic E-state index is 12.0. The Labute approximate surface area is 166 Å². The number of rotatable bonds is 6. The van der Waals surface area contributed by atoms with Crippen molar-refractivity contribution in [3.8, 4) is 5.75 Å². The van der Waals surface area contributed by atoms with E-state index in [1.54, 1.807) is 0 Å². The lowest BCUT2D eigenvalue weighted by molar-refractivity contribution is -0.00521. The molecule has 0 radical (unpaired) electrons. The molecule has 2 atom stereocenters. The monoisotopic (exact) mass is 383 g/mol. The van der Waals surface area contributed by atoms with Crippen LogP contribution < -0.4 is 20.3 Å². The number of benzene rings is 2. The molecule has 28 heavy (non-hydrogen) atoms. The minimum absolute atomic E-state index is 0.217. The van der Waals surface area contributed by atoms with Gasteiger partial charge in [-0.25, -0.2) is 4.79 Å². The maximum absolute atomic E-state index is 12.0. The number of anilines is 2. The van der Waals surface area contributed by atoms with Gasteiger partial charge < -0.3 is 25.0 Å². The molecule has 1 fully saturated rings. The van der Waals surface area contributed by atoms with Gasteiger partial charge in [-0.1, -0.05) is 12.1 Å². The zero-order valence-electron chi connectivity index (χ0n) is 16.8. The highest BCUT2D eigenvalue weighted by molar-refractivity contribution is 5.89. The third kappa shape index (κ3) is 5.89. The molecule has 150 valence electrons. The van der Waals surface area contributed by atoms with Gasteiger partial charge in [0.15, 0.2) is 0 Å². The summed E-state index contributed by atoms with van der Waals surface area (Å²) in [4.78, 5) is 14.4. The van der Waals surface area contributed by atoms with Crippen molar-refractivity contribution in [2.75, 3.05) is 36.5 Å². The van der Waals surface area contributed by atoms with Crippen molar-refractivity contribution in [2.45, 2.75) is 33.0 Å². The number of carbonyl (C=O) groups is 1. The number of hydrogen-bond acceptors (Lipinski definition) is 4. The molecule has 2 N–H and O–H groups in total. The Kier molecular flexibility index (Phi) is 6.76. The van der Waals surface area contributed by atoms with Crippen LogP contribution in [0.5, 0.6) is 5.75 Å². The van der Waals surface area contributed by atoms with Gasteiger partial charge in [0.1, 0.15) is 12.4 Å². The van der Waals surface area contributed by atoms with Crippen LogP contribution in [-0.2, 0) is 4.74 Å². The number of nitrogens with zero attached hydrogens (tertiary/aromatic N) is 1. The first-order valence-electron chi connectivity index (χ1n) is 9.74. The summed E-state index contributed by atoms with van der Waals surface area (Å²) in [5.41, 5.74) is 3.04. The number of aryl methyl sites for hydroxylation is 1. The number of amides is 2. The van der Waals surface area contributed by atoms with Crippen molar-refractivity contribution in [1.82, 2.24) is 5.32 Å². The van der Waals surface area contributed by atoms with Gasteiger partial charge in [-0.15, -0.1) is 0 Å². The fraction of sp³-hybridized carbons (Fsp3) is 0.409. The van der Waals surface area contributed by atoms with Crippen LogP contribution in [0.25, 0.3) is 0 Å². The van der Waals surface area contributed by atoms with E-state index in [2.05, 4.69) is 29.4 Å². The molecule has 2 unspecified atom stereocenters. The minimum Gasteiger partial charge on any atom is -0.492 e. The lowest BCUT2D eigenvalue weighted by Gasteiger charge is -2.36. The van der Waals surface area contributed by atoms with Gasteiger partial charge in [0.2, 0.25) is 0 Å². The molecule has 1 aliphatic rings. The quantitative estimate of drug-likeness (QED) is 0.745. The molecule has 2 aromatic rings. The highest BCUT2D eigenvalue weighted by atomic mass is 16.5. The highest BCUT2D eigenvalue weighted by Gasteiger charge is 2.22. The van der Waals surface area contributed by atoms with Crippen molar-refractivity contribution in [3.63, 3.8) is 0 Å². The van der Waals surface area contributed by atoms with Crippen LogP contribution in [0.1, 0.15) is 19.4 Å². The molecule has 2 aromatic carbocycles. The average molecular weight is 383 g/mol. The third-order valence-electron chi connectivity index (χ3n) is 4.56. The third-order valence-corrected chi connectivity index (χ3v) is 4.56. The molecular weight excluding hydrogens is 354 g/mol. The number of nitrogens with one attached hydrogen (secondary N) is 2. The number of urea groups is 1. The van der Waals surface area contributed by atoms with E-state index in [4.69, 9.17) is 9.47 Å². The summed E-state index contributed by atoms with van der Waals surface area (Å²) >= 11 is 0. The van der Waals surface area contributed by atoms with Crippen LogP contribution in [-0.4, -0.2) is 44.5 Å². The van der Waals surface area contributed by atoms with E-state index in [9.17, 15) is 4.79 Å². The minimum atomic E-state index is -0.241. The number of hydrogen-bond donors (Lipinski definition) is 2. The first kappa shape index (κ1) is 20.0. The van der Waals surface area contributed by atoms with E-state index >= 15 is 0 Å². The topological polar surface area (TPSA) is 62.8 Å². The molecule has 0 saturated carbocycles. The Morgan fingerprint density at radius 3 is 2.54 bits per heavy atom. The van der Waals surface area contributed by atoms with Crippen molar-refractivity contribution in [3.05, 3.63) is 54.1 Å². The second-order valence-corrected chi connectivity index (χ2v) is 7.26. The van der Waals surface area contributed by atoms with Crippen LogP contribution in [0.4, 0.5) is 16.2 Å². The second-order valence-electron chi connectivity index (χ2n) is 7.26. The Hall–Kier alpha value is -2.73. The van der Waals surface area contributed by atoms with Gasteiger partial charge in [-0.05, 0) is 62.7 Å². The van der Waals surface area contributed by atoms with E-state index in [1.807, 2.05) is 55.5 Å². The zero-order valence-corrected chi connectivity index (χ0v) is 16.8. The van der Waals surface area contributed by atoms with Gasteiger partial charge in [0, 0.05) is 24.5 Å². The molecule has 0 spiro atoms. The molecule has 0 aliphatic carbocycles. The molecular formula is C22H29N3O3. The van der Waals surface area contributed by atoms with Crippen LogP contribution >= 0.6 is 0 Å². The molecule has 1 heterocycles. The molecule has 2 amide bonds. The predicted molar refractivity (Wildman–Crippen MR) is 112 cm³/mol. The summed E-state index contributed by atoms with van der Waals surface area (Å²) in [7, 11) is 0. The molecule has 0 aromatic heterocycles. The first-order valence-corrected chi connectivity index (χ1v) is 9.74. The van der Waals surface area contributed by atoms with Crippen molar-refractivity contribution >= 4 is 17.4 Å². The first-order chi connectivity index (χ1) is 13.5. The fourth-order valence-electron chi connectivity index (χ4n) is 3.36. The zero-order chi connectivity index (χ0) is 19.9. The molecule has 1 saturated heterocycles. The largest absolute Gasteiger partial charge is 0.492 e. The summed E-state index contributed by atoms with van der Waals surface area (Å²) < 4.78 is 11.4. The van der Waals surface area contributed by atoms with Gasteiger partial charge >= 0.3 is 6.03 Å². The summed E-state index contributed by atoms with van der Waals surface area (Å²) in [5.74, 6) is 0.810. The SMILES string of the molecule is Cc1cccc(OCCNC(=O)Nc2ccc(N3CC(C)OC(C)C3)cc2)c1. The number of ether oxygens (including phenoxy) is 2.